The maximum atomic E-state index is 10.6. The van der Waals surface area contributed by atoms with Crippen LogP contribution in [0.1, 0.15) is 5.56 Å². The molecule has 0 fully saturated rings. The second-order valence-corrected chi connectivity index (χ2v) is 4.90. The quantitative estimate of drug-likeness (QED) is 0.523. The molecular formula is C13H14N4O4S. The van der Waals surface area contributed by atoms with Gasteiger partial charge in [-0.15, -0.1) is 11.3 Å². The van der Waals surface area contributed by atoms with E-state index < -0.39 is 12.6 Å². The van der Waals surface area contributed by atoms with Gasteiger partial charge in [-0.1, -0.05) is 0 Å². The third kappa shape index (κ3) is 4.35. The fraction of sp³-hybridized carbons (Fsp3) is 0.154. The average Bonchev–Trinajstić information content (AvgIpc) is 2.91. The first-order valence-electron chi connectivity index (χ1n) is 6.11. The zero-order valence-corrected chi connectivity index (χ0v) is 12.5. The van der Waals surface area contributed by atoms with Crippen LogP contribution in [0.3, 0.4) is 0 Å². The van der Waals surface area contributed by atoms with E-state index in [9.17, 15) is 4.79 Å². The first kappa shape index (κ1) is 15.6. The van der Waals surface area contributed by atoms with Gasteiger partial charge in [-0.2, -0.15) is 5.10 Å². The Morgan fingerprint density at radius 3 is 3.00 bits per heavy atom. The molecule has 0 saturated carbocycles. The number of thiazole rings is 1. The Kier molecular flexibility index (Phi) is 5.15. The number of methoxy groups -OCH3 is 1. The van der Waals surface area contributed by atoms with E-state index in [4.69, 9.17) is 20.3 Å². The van der Waals surface area contributed by atoms with Gasteiger partial charge in [0.15, 0.2) is 18.1 Å². The van der Waals surface area contributed by atoms with Crippen LogP contribution in [0.15, 0.2) is 28.7 Å². The number of hydrogen-bond acceptors (Lipinski definition) is 8. The van der Waals surface area contributed by atoms with Crippen LogP contribution in [-0.2, 0) is 4.79 Å². The van der Waals surface area contributed by atoms with Crippen molar-refractivity contribution in [2.24, 2.45) is 5.10 Å². The van der Waals surface area contributed by atoms with Gasteiger partial charge < -0.3 is 20.3 Å². The molecule has 0 spiro atoms. The van der Waals surface area contributed by atoms with Crippen molar-refractivity contribution in [2.45, 2.75) is 0 Å². The largest absolute Gasteiger partial charge is 0.493 e. The highest BCUT2D eigenvalue weighted by Crippen LogP contribution is 2.27. The number of aliphatic carboxylic acids is 1. The molecule has 116 valence electrons. The molecule has 0 bridgehead atoms. The topological polar surface area (TPSA) is 119 Å². The second-order valence-electron chi connectivity index (χ2n) is 4.04. The Morgan fingerprint density at radius 2 is 2.36 bits per heavy atom. The van der Waals surface area contributed by atoms with Crippen LogP contribution < -0.4 is 20.6 Å². The molecule has 4 N–H and O–H groups in total. The fourth-order valence-corrected chi connectivity index (χ4v) is 2.07. The van der Waals surface area contributed by atoms with Crippen molar-refractivity contribution >= 4 is 34.5 Å². The van der Waals surface area contributed by atoms with E-state index in [0.29, 0.717) is 28.0 Å². The van der Waals surface area contributed by atoms with Gasteiger partial charge in [0.25, 0.3) is 0 Å². The molecule has 9 heteroatoms. The zero-order valence-electron chi connectivity index (χ0n) is 11.6. The Morgan fingerprint density at radius 1 is 1.55 bits per heavy atom. The summed E-state index contributed by atoms with van der Waals surface area (Å²) >= 11 is 1.33. The summed E-state index contributed by atoms with van der Waals surface area (Å²) in [5.74, 6) is 0.132. The molecule has 1 aromatic heterocycles. The predicted octanol–water partition coefficient (Wildman–Crippen LogP) is 1.64. The lowest BCUT2D eigenvalue weighted by Crippen LogP contribution is -2.10. The van der Waals surface area contributed by atoms with Crippen molar-refractivity contribution in [2.75, 3.05) is 24.9 Å². The van der Waals surface area contributed by atoms with Crippen molar-refractivity contribution in [3.05, 3.63) is 29.1 Å². The van der Waals surface area contributed by atoms with Crippen molar-refractivity contribution in [3.8, 4) is 11.5 Å². The van der Waals surface area contributed by atoms with E-state index in [1.54, 1.807) is 29.8 Å². The number of rotatable bonds is 7. The third-order valence-electron chi connectivity index (χ3n) is 2.43. The molecule has 0 atom stereocenters. The van der Waals surface area contributed by atoms with Crippen LogP contribution in [0.25, 0.3) is 0 Å². The van der Waals surface area contributed by atoms with E-state index in [2.05, 4.69) is 15.5 Å². The minimum absolute atomic E-state index is 0.326. The number of nitrogens with two attached hydrogens (primary N) is 1. The summed E-state index contributed by atoms with van der Waals surface area (Å²) in [5, 5.41) is 15.0. The number of nitrogen functional groups attached to an aromatic ring is 1. The van der Waals surface area contributed by atoms with Crippen LogP contribution in [0, 0.1) is 0 Å². The molecular weight excluding hydrogens is 308 g/mol. The number of benzene rings is 1. The lowest BCUT2D eigenvalue weighted by Gasteiger charge is -2.09. The third-order valence-corrected chi connectivity index (χ3v) is 3.20. The van der Waals surface area contributed by atoms with Crippen LogP contribution in [0.2, 0.25) is 0 Å². The minimum atomic E-state index is -1.07. The molecule has 1 heterocycles. The number of nitrogens with one attached hydrogen (secondary N) is 1. The summed E-state index contributed by atoms with van der Waals surface area (Å²) in [6.07, 6.45) is 1.55. The van der Waals surface area contributed by atoms with Crippen LogP contribution in [-0.4, -0.2) is 36.0 Å². The van der Waals surface area contributed by atoms with Crippen LogP contribution in [0.5, 0.6) is 11.5 Å². The average molecular weight is 322 g/mol. The standard InChI is InChI=1S/C13H14N4O4S/c1-20-9-3-2-8(4-10(9)21-6-12(18)19)5-15-17-13-16-11(14)7-22-13/h2-5,7H,6,14H2,1H3,(H,16,17)(H,18,19). The van der Waals surface area contributed by atoms with E-state index >= 15 is 0 Å². The Hall–Kier alpha value is -2.81. The number of hydrazone groups is 1. The Labute approximate surface area is 130 Å². The normalized spacial score (nSPS) is 10.6. The Balaban J connectivity index is 2.06. The van der Waals surface area contributed by atoms with E-state index in [1.165, 1.54) is 18.4 Å². The second kappa shape index (κ2) is 7.27. The van der Waals surface area contributed by atoms with E-state index in [-0.39, 0.29) is 0 Å². The van der Waals surface area contributed by atoms with Crippen molar-refractivity contribution in [3.63, 3.8) is 0 Å². The molecule has 0 radical (unpaired) electrons. The van der Waals surface area contributed by atoms with E-state index in [1.807, 2.05) is 0 Å². The molecule has 2 aromatic rings. The van der Waals surface area contributed by atoms with Crippen molar-refractivity contribution in [1.29, 1.82) is 0 Å². The lowest BCUT2D eigenvalue weighted by molar-refractivity contribution is -0.139. The number of nitrogens with zero attached hydrogens (tertiary/aromatic N) is 2. The van der Waals surface area contributed by atoms with Gasteiger partial charge in [0, 0.05) is 5.38 Å². The van der Waals surface area contributed by atoms with Gasteiger partial charge >= 0.3 is 5.97 Å². The molecule has 0 aliphatic heterocycles. The molecule has 0 aliphatic rings. The van der Waals surface area contributed by atoms with Crippen molar-refractivity contribution < 1.29 is 19.4 Å². The summed E-state index contributed by atoms with van der Waals surface area (Å²) in [6.45, 7) is -0.451. The zero-order chi connectivity index (χ0) is 15.9. The van der Waals surface area contributed by atoms with Gasteiger partial charge in [0.2, 0.25) is 5.13 Å². The molecule has 0 amide bonds. The lowest BCUT2D eigenvalue weighted by atomic mass is 10.2. The maximum absolute atomic E-state index is 10.6. The summed E-state index contributed by atoms with van der Waals surface area (Å²) < 4.78 is 10.3. The number of hydrogen-bond donors (Lipinski definition) is 3. The molecule has 22 heavy (non-hydrogen) atoms. The van der Waals surface area contributed by atoms with Crippen LogP contribution >= 0.6 is 11.3 Å². The van der Waals surface area contributed by atoms with Gasteiger partial charge in [0.05, 0.1) is 13.3 Å². The highest BCUT2D eigenvalue weighted by Gasteiger charge is 2.07. The fourth-order valence-electron chi connectivity index (χ4n) is 1.53. The minimum Gasteiger partial charge on any atom is -0.493 e. The first-order chi connectivity index (χ1) is 10.6. The summed E-state index contributed by atoms with van der Waals surface area (Å²) in [7, 11) is 1.48. The number of anilines is 2. The van der Waals surface area contributed by atoms with E-state index in [0.717, 1.165) is 0 Å². The maximum Gasteiger partial charge on any atom is 0.341 e. The van der Waals surface area contributed by atoms with Gasteiger partial charge in [0.1, 0.15) is 5.82 Å². The predicted molar refractivity (Wildman–Crippen MR) is 83.9 cm³/mol. The molecule has 0 saturated heterocycles. The number of carboxylic acids is 1. The number of ether oxygens (including phenoxy) is 2. The van der Waals surface area contributed by atoms with Gasteiger partial charge in [-0.25, -0.2) is 9.78 Å². The SMILES string of the molecule is COc1ccc(C=NNc2nc(N)cs2)cc1OCC(=O)O. The molecule has 0 aliphatic carbocycles. The smallest absolute Gasteiger partial charge is 0.341 e. The van der Waals surface area contributed by atoms with Crippen molar-refractivity contribution in [1.82, 2.24) is 4.98 Å². The summed E-state index contributed by atoms with van der Waals surface area (Å²) in [5.41, 5.74) is 8.95. The summed E-state index contributed by atoms with van der Waals surface area (Å²) in [4.78, 5) is 14.6. The Bertz CT molecular complexity index is 686. The van der Waals surface area contributed by atoms with Gasteiger partial charge in [-0.3, -0.25) is 5.43 Å². The monoisotopic (exact) mass is 322 g/mol. The number of aromatic nitrogens is 1. The highest BCUT2D eigenvalue weighted by atomic mass is 32.1. The number of carboxylic acid groups (broad SMARTS) is 1. The first-order valence-corrected chi connectivity index (χ1v) is 6.99. The number of carbonyl (C=O) groups is 1. The molecule has 8 nitrogen and oxygen atoms in total. The molecule has 0 unspecified atom stereocenters. The molecule has 2 rings (SSSR count). The van der Waals surface area contributed by atoms with Gasteiger partial charge in [-0.05, 0) is 23.8 Å². The molecule has 1 aromatic carbocycles. The highest BCUT2D eigenvalue weighted by molar-refractivity contribution is 7.14. The summed E-state index contributed by atoms with van der Waals surface area (Å²) in [6, 6.07) is 5.05. The van der Waals surface area contributed by atoms with Crippen LogP contribution in [0.4, 0.5) is 10.9 Å².